The average molecular weight is 338 g/mol. The number of halogens is 2. The molecule has 25 heavy (non-hydrogen) atoms. The molecule has 1 amide bonds. The number of nitrogens with one attached hydrogen (secondary N) is 2. The molecule has 0 unspecified atom stereocenters. The van der Waals surface area contributed by atoms with Crippen LogP contribution in [0, 0.1) is 23.0 Å². The number of anilines is 1. The molecule has 3 rings (SSSR count). The number of benzene rings is 2. The summed E-state index contributed by atoms with van der Waals surface area (Å²) in [6.07, 6.45) is 3.08. The third-order valence-electron chi connectivity index (χ3n) is 3.50. The SMILES string of the molecule is N#CCC(=O)Nc1cc2c(C=Cc3ccc(F)cc3)n[nH]c2cc1F. The molecule has 5 nitrogen and oxygen atoms in total. The second-order valence-corrected chi connectivity index (χ2v) is 5.25. The lowest BCUT2D eigenvalue weighted by atomic mass is 10.1. The van der Waals surface area contributed by atoms with Crippen molar-refractivity contribution in [3.8, 4) is 6.07 Å². The molecular weight excluding hydrogens is 326 g/mol. The highest BCUT2D eigenvalue weighted by molar-refractivity contribution is 5.97. The Labute approximate surface area is 141 Å². The van der Waals surface area contributed by atoms with Gasteiger partial charge in [-0.25, -0.2) is 8.78 Å². The number of nitrogens with zero attached hydrogens (tertiary/aromatic N) is 2. The Morgan fingerprint density at radius 1 is 1.24 bits per heavy atom. The van der Waals surface area contributed by atoms with E-state index in [1.807, 2.05) is 0 Å². The van der Waals surface area contributed by atoms with Gasteiger partial charge in [0.1, 0.15) is 18.1 Å². The Balaban J connectivity index is 1.92. The molecule has 0 saturated carbocycles. The first kappa shape index (κ1) is 16.3. The predicted molar refractivity (Wildman–Crippen MR) is 90.2 cm³/mol. The summed E-state index contributed by atoms with van der Waals surface area (Å²) >= 11 is 0. The van der Waals surface area contributed by atoms with Crippen LogP contribution in [0.15, 0.2) is 36.4 Å². The van der Waals surface area contributed by atoms with E-state index in [2.05, 4.69) is 15.5 Å². The maximum absolute atomic E-state index is 14.0. The van der Waals surface area contributed by atoms with Gasteiger partial charge in [0, 0.05) is 11.5 Å². The van der Waals surface area contributed by atoms with Crippen LogP contribution in [-0.2, 0) is 4.79 Å². The molecule has 3 aromatic rings. The smallest absolute Gasteiger partial charge is 0.238 e. The van der Waals surface area contributed by atoms with Crippen LogP contribution < -0.4 is 5.32 Å². The molecule has 1 aromatic heterocycles. The number of H-pyrrole nitrogens is 1. The molecule has 1 heterocycles. The molecule has 0 aliphatic heterocycles. The van der Waals surface area contributed by atoms with Crippen molar-refractivity contribution >= 4 is 34.6 Å². The number of hydrogen-bond acceptors (Lipinski definition) is 3. The summed E-state index contributed by atoms with van der Waals surface area (Å²) in [5, 5.41) is 18.3. The van der Waals surface area contributed by atoms with Gasteiger partial charge in [-0.15, -0.1) is 0 Å². The molecular formula is C18H12F2N4O. The summed E-state index contributed by atoms with van der Waals surface area (Å²) in [4.78, 5) is 11.5. The largest absolute Gasteiger partial charge is 0.323 e. The van der Waals surface area contributed by atoms with E-state index in [0.717, 1.165) is 5.56 Å². The first-order valence-electron chi connectivity index (χ1n) is 7.35. The Bertz CT molecular complexity index is 1000. The number of aromatic nitrogens is 2. The van der Waals surface area contributed by atoms with Gasteiger partial charge in [-0.05, 0) is 29.8 Å². The monoisotopic (exact) mass is 338 g/mol. The van der Waals surface area contributed by atoms with Gasteiger partial charge in [-0.2, -0.15) is 10.4 Å². The summed E-state index contributed by atoms with van der Waals surface area (Å²) in [7, 11) is 0. The van der Waals surface area contributed by atoms with Crippen molar-refractivity contribution in [1.29, 1.82) is 5.26 Å². The van der Waals surface area contributed by atoms with Crippen LogP contribution >= 0.6 is 0 Å². The summed E-state index contributed by atoms with van der Waals surface area (Å²) in [5.74, 6) is -1.54. The topological polar surface area (TPSA) is 81.6 Å². The van der Waals surface area contributed by atoms with Gasteiger partial charge in [-0.1, -0.05) is 18.2 Å². The number of rotatable bonds is 4. The van der Waals surface area contributed by atoms with Gasteiger partial charge < -0.3 is 5.32 Å². The van der Waals surface area contributed by atoms with E-state index in [4.69, 9.17) is 5.26 Å². The first-order chi connectivity index (χ1) is 12.1. The Morgan fingerprint density at radius 2 is 2.00 bits per heavy atom. The summed E-state index contributed by atoms with van der Waals surface area (Å²) in [5.41, 5.74) is 1.76. The lowest BCUT2D eigenvalue weighted by molar-refractivity contribution is -0.115. The van der Waals surface area contributed by atoms with Crippen LogP contribution in [0.4, 0.5) is 14.5 Å². The van der Waals surface area contributed by atoms with Crippen molar-refractivity contribution in [1.82, 2.24) is 10.2 Å². The molecule has 0 saturated heterocycles. The van der Waals surface area contributed by atoms with Gasteiger partial charge in [0.2, 0.25) is 5.91 Å². The van der Waals surface area contributed by atoms with Crippen LogP contribution in [0.2, 0.25) is 0 Å². The number of carbonyl (C=O) groups is 1. The highest BCUT2D eigenvalue weighted by Crippen LogP contribution is 2.25. The first-order valence-corrected chi connectivity index (χ1v) is 7.35. The van der Waals surface area contributed by atoms with Crippen molar-refractivity contribution in [3.63, 3.8) is 0 Å². The minimum Gasteiger partial charge on any atom is -0.323 e. The number of carbonyl (C=O) groups excluding carboxylic acids is 1. The van der Waals surface area contributed by atoms with Crippen molar-refractivity contribution in [2.45, 2.75) is 6.42 Å². The quantitative estimate of drug-likeness (QED) is 0.758. The van der Waals surface area contributed by atoms with Crippen LogP contribution in [-0.4, -0.2) is 16.1 Å². The molecule has 2 aromatic carbocycles. The molecule has 0 bridgehead atoms. The fourth-order valence-electron chi connectivity index (χ4n) is 2.30. The lowest BCUT2D eigenvalue weighted by Crippen LogP contribution is -2.11. The molecule has 0 fully saturated rings. The standard InChI is InChI=1S/C18H12F2N4O/c19-12-4-1-11(2-5-12)3-6-15-13-9-17(22-18(25)7-8-21)14(20)10-16(13)24-23-15/h1-6,9-10H,7H2,(H,22,25)(H,23,24). The summed E-state index contributed by atoms with van der Waals surface area (Å²) < 4.78 is 26.9. The lowest BCUT2D eigenvalue weighted by Gasteiger charge is -2.04. The van der Waals surface area contributed by atoms with Gasteiger partial charge >= 0.3 is 0 Å². The van der Waals surface area contributed by atoms with Crippen LogP contribution in [0.25, 0.3) is 23.1 Å². The van der Waals surface area contributed by atoms with E-state index in [1.54, 1.807) is 30.4 Å². The van der Waals surface area contributed by atoms with Crippen LogP contribution in [0.5, 0.6) is 0 Å². The molecule has 7 heteroatoms. The Morgan fingerprint density at radius 3 is 2.72 bits per heavy atom. The van der Waals surface area contributed by atoms with Gasteiger partial charge in [0.05, 0.1) is 23.0 Å². The maximum atomic E-state index is 14.0. The molecule has 0 atom stereocenters. The highest BCUT2D eigenvalue weighted by Gasteiger charge is 2.11. The zero-order valence-corrected chi connectivity index (χ0v) is 12.9. The second kappa shape index (κ2) is 6.93. The zero-order chi connectivity index (χ0) is 17.8. The molecule has 0 aliphatic rings. The van der Waals surface area contributed by atoms with Gasteiger partial charge in [0.15, 0.2) is 0 Å². The highest BCUT2D eigenvalue weighted by atomic mass is 19.1. The fraction of sp³-hybridized carbons (Fsp3) is 0.0556. The van der Waals surface area contributed by atoms with Crippen molar-refractivity contribution < 1.29 is 13.6 Å². The second-order valence-electron chi connectivity index (χ2n) is 5.25. The summed E-state index contributed by atoms with van der Waals surface area (Å²) in [6.45, 7) is 0. The van der Waals surface area contributed by atoms with Crippen LogP contribution in [0.3, 0.4) is 0 Å². The average Bonchev–Trinajstić information content (AvgIpc) is 2.97. The summed E-state index contributed by atoms with van der Waals surface area (Å²) in [6, 6.07) is 10.3. The number of nitriles is 1. The van der Waals surface area contributed by atoms with E-state index in [0.29, 0.717) is 16.6 Å². The van der Waals surface area contributed by atoms with Crippen molar-refractivity contribution in [2.24, 2.45) is 0 Å². The van der Waals surface area contributed by atoms with E-state index >= 15 is 0 Å². The normalized spacial score (nSPS) is 10.9. The zero-order valence-electron chi connectivity index (χ0n) is 12.9. The number of aromatic amines is 1. The fourth-order valence-corrected chi connectivity index (χ4v) is 2.30. The minimum atomic E-state index is -0.628. The van der Waals surface area contributed by atoms with E-state index in [1.165, 1.54) is 24.3 Å². The number of fused-ring (bicyclic) bond motifs is 1. The number of hydrogen-bond donors (Lipinski definition) is 2. The predicted octanol–water partition coefficient (Wildman–Crippen LogP) is 3.86. The maximum Gasteiger partial charge on any atom is 0.238 e. The molecule has 0 aliphatic carbocycles. The van der Waals surface area contributed by atoms with Crippen LogP contribution in [0.1, 0.15) is 17.7 Å². The van der Waals surface area contributed by atoms with E-state index in [-0.39, 0.29) is 17.9 Å². The Kier molecular flexibility index (Phi) is 4.53. The third kappa shape index (κ3) is 3.70. The van der Waals surface area contributed by atoms with Crippen molar-refractivity contribution in [2.75, 3.05) is 5.32 Å². The molecule has 2 N–H and O–H groups in total. The minimum absolute atomic E-state index is 0.0226. The molecule has 124 valence electrons. The molecule has 0 spiro atoms. The van der Waals surface area contributed by atoms with Gasteiger partial charge in [-0.3, -0.25) is 9.89 Å². The van der Waals surface area contributed by atoms with E-state index in [9.17, 15) is 13.6 Å². The number of amides is 1. The van der Waals surface area contributed by atoms with Crippen molar-refractivity contribution in [3.05, 3.63) is 59.3 Å². The molecule has 0 radical (unpaired) electrons. The van der Waals surface area contributed by atoms with E-state index < -0.39 is 11.7 Å². The van der Waals surface area contributed by atoms with Gasteiger partial charge in [0.25, 0.3) is 0 Å². The third-order valence-corrected chi connectivity index (χ3v) is 3.50. The Hall–Kier alpha value is -3.53.